The van der Waals surface area contributed by atoms with Gasteiger partial charge in [0.15, 0.2) is 0 Å². The highest BCUT2D eigenvalue weighted by Crippen LogP contribution is 2.17. The van der Waals surface area contributed by atoms with Crippen molar-refractivity contribution in [3.8, 4) is 0 Å². The molecule has 1 saturated heterocycles. The van der Waals surface area contributed by atoms with Gasteiger partial charge in [-0.3, -0.25) is 9.69 Å². The van der Waals surface area contributed by atoms with Crippen molar-refractivity contribution in [2.24, 2.45) is 5.73 Å². The Balaban J connectivity index is 2.06. The lowest BCUT2D eigenvalue weighted by molar-refractivity contribution is 0.0999. The first-order valence-electron chi connectivity index (χ1n) is 6.24. The number of aryl methyl sites for hydroxylation is 1. The van der Waals surface area contributed by atoms with Gasteiger partial charge in [-0.2, -0.15) is 0 Å². The number of ether oxygens (including phenoxy) is 1. The third kappa shape index (κ3) is 2.89. The molecule has 98 valence electrons. The van der Waals surface area contributed by atoms with Crippen LogP contribution < -0.4 is 5.73 Å². The summed E-state index contributed by atoms with van der Waals surface area (Å²) in [5, 5.41) is 0. The Morgan fingerprint density at radius 1 is 1.56 bits per heavy atom. The van der Waals surface area contributed by atoms with E-state index < -0.39 is 0 Å². The van der Waals surface area contributed by atoms with E-state index in [1.165, 1.54) is 0 Å². The molecule has 18 heavy (non-hydrogen) atoms. The largest absolute Gasteiger partial charge is 0.380 e. The Labute approximate surface area is 108 Å². The van der Waals surface area contributed by atoms with Crippen LogP contribution in [0.3, 0.4) is 0 Å². The van der Waals surface area contributed by atoms with Gasteiger partial charge in [0.25, 0.3) is 0 Å². The SMILES string of the molecule is CO[C@H]1CCN(Cc2ccc(C)c(C(N)=O)c2)C1. The Kier molecular flexibility index (Phi) is 3.99. The van der Waals surface area contributed by atoms with Gasteiger partial charge in [0, 0.05) is 32.3 Å². The summed E-state index contributed by atoms with van der Waals surface area (Å²) in [6.07, 6.45) is 1.41. The van der Waals surface area contributed by atoms with E-state index in [1.54, 1.807) is 7.11 Å². The van der Waals surface area contributed by atoms with Gasteiger partial charge in [0.2, 0.25) is 5.91 Å². The van der Waals surface area contributed by atoms with Gasteiger partial charge in [-0.15, -0.1) is 0 Å². The van der Waals surface area contributed by atoms with Crippen LogP contribution in [0.5, 0.6) is 0 Å². The van der Waals surface area contributed by atoms with E-state index in [0.29, 0.717) is 11.7 Å². The molecule has 1 fully saturated rings. The van der Waals surface area contributed by atoms with E-state index in [4.69, 9.17) is 10.5 Å². The lowest BCUT2D eigenvalue weighted by Crippen LogP contribution is -2.22. The zero-order valence-electron chi connectivity index (χ0n) is 11.0. The fraction of sp³-hybridized carbons (Fsp3) is 0.500. The summed E-state index contributed by atoms with van der Waals surface area (Å²) in [6, 6.07) is 5.92. The van der Waals surface area contributed by atoms with Crippen molar-refractivity contribution in [3.05, 3.63) is 34.9 Å². The minimum atomic E-state index is -0.356. The quantitative estimate of drug-likeness (QED) is 0.874. The number of hydrogen-bond donors (Lipinski definition) is 1. The first-order chi connectivity index (χ1) is 8.60. The molecule has 2 N–H and O–H groups in total. The number of amides is 1. The summed E-state index contributed by atoms with van der Waals surface area (Å²) in [4.78, 5) is 13.6. The van der Waals surface area contributed by atoms with Crippen molar-refractivity contribution < 1.29 is 9.53 Å². The predicted octanol–water partition coefficient (Wildman–Crippen LogP) is 1.31. The fourth-order valence-corrected chi connectivity index (χ4v) is 2.42. The second-order valence-electron chi connectivity index (χ2n) is 4.90. The third-order valence-corrected chi connectivity index (χ3v) is 3.54. The number of benzene rings is 1. The molecule has 1 heterocycles. The molecule has 1 aliphatic rings. The molecular formula is C14H20N2O2. The van der Waals surface area contributed by atoms with Crippen LogP contribution in [0.1, 0.15) is 27.9 Å². The standard InChI is InChI=1S/C14H20N2O2/c1-10-3-4-11(7-13(10)14(15)17)8-16-6-5-12(9-16)18-2/h3-4,7,12H,5-6,8-9H2,1-2H3,(H2,15,17)/t12-/m0/s1. The van der Waals surface area contributed by atoms with E-state index in [-0.39, 0.29) is 5.91 Å². The number of nitrogens with zero attached hydrogens (tertiary/aromatic N) is 1. The minimum Gasteiger partial charge on any atom is -0.380 e. The minimum absolute atomic E-state index is 0.339. The Morgan fingerprint density at radius 3 is 2.94 bits per heavy atom. The van der Waals surface area contributed by atoms with E-state index >= 15 is 0 Å². The van der Waals surface area contributed by atoms with Gasteiger partial charge in [-0.05, 0) is 30.5 Å². The summed E-state index contributed by atoms with van der Waals surface area (Å²) in [7, 11) is 1.76. The number of hydrogen-bond acceptors (Lipinski definition) is 3. The maximum atomic E-state index is 11.3. The highest BCUT2D eigenvalue weighted by Gasteiger charge is 2.22. The van der Waals surface area contributed by atoms with Gasteiger partial charge >= 0.3 is 0 Å². The molecule has 0 unspecified atom stereocenters. The second-order valence-corrected chi connectivity index (χ2v) is 4.90. The van der Waals surface area contributed by atoms with Crippen LogP contribution in [0.15, 0.2) is 18.2 Å². The zero-order chi connectivity index (χ0) is 13.1. The van der Waals surface area contributed by atoms with Crippen LogP contribution in [0.25, 0.3) is 0 Å². The van der Waals surface area contributed by atoms with Gasteiger partial charge in [0.05, 0.1) is 6.10 Å². The summed E-state index contributed by atoms with van der Waals surface area (Å²) in [6.45, 7) is 4.75. The van der Waals surface area contributed by atoms with Gasteiger partial charge in [0.1, 0.15) is 0 Å². The van der Waals surface area contributed by atoms with Gasteiger partial charge in [-0.25, -0.2) is 0 Å². The van der Waals surface area contributed by atoms with E-state index in [1.807, 2.05) is 19.1 Å². The number of primary amides is 1. The molecule has 1 atom stereocenters. The summed E-state index contributed by atoms with van der Waals surface area (Å²) in [5.41, 5.74) is 8.05. The van der Waals surface area contributed by atoms with Crippen LogP contribution in [-0.2, 0) is 11.3 Å². The van der Waals surface area contributed by atoms with Crippen molar-refractivity contribution in [2.75, 3.05) is 20.2 Å². The van der Waals surface area contributed by atoms with E-state index in [0.717, 1.165) is 37.2 Å². The molecule has 1 aliphatic heterocycles. The van der Waals surface area contributed by atoms with Crippen molar-refractivity contribution in [3.63, 3.8) is 0 Å². The Bertz CT molecular complexity index is 445. The smallest absolute Gasteiger partial charge is 0.248 e. The Hall–Kier alpha value is -1.39. The molecule has 1 amide bonds. The van der Waals surface area contributed by atoms with Crippen molar-refractivity contribution in [1.82, 2.24) is 4.90 Å². The number of nitrogens with two attached hydrogens (primary N) is 1. The number of carbonyl (C=O) groups excluding carboxylic acids is 1. The van der Waals surface area contributed by atoms with Crippen molar-refractivity contribution in [1.29, 1.82) is 0 Å². The lowest BCUT2D eigenvalue weighted by atomic mass is 10.0. The number of rotatable bonds is 4. The lowest BCUT2D eigenvalue weighted by Gasteiger charge is -2.16. The number of carbonyl (C=O) groups is 1. The molecule has 0 saturated carbocycles. The average molecular weight is 248 g/mol. The topological polar surface area (TPSA) is 55.6 Å². The molecule has 0 spiro atoms. The predicted molar refractivity (Wildman–Crippen MR) is 70.4 cm³/mol. The molecule has 1 aromatic carbocycles. The highest BCUT2D eigenvalue weighted by molar-refractivity contribution is 5.94. The molecule has 4 heteroatoms. The zero-order valence-corrected chi connectivity index (χ0v) is 11.0. The average Bonchev–Trinajstić information content (AvgIpc) is 2.79. The van der Waals surface area contributed by atoms with Crippen LogP contribution in [0, 0.1) is 6.92 Å². The first-order valence-corrected chi connectivity index (χ1v) is 6.24. The van der Waals surface area contributed by atoms with Crippen LogP contribution >= 0.6 is 0 Å². The summed E-state index contributed by atoms with van der Waals surface area (Å²) < 4.78 is 5.34. The van der Waals surface area contributed by atoms with Crippen molar-refractivity contribution >= 4 is 5.91 Å². The summed E-state index contributed by atoms with van der Waals surface area (Å²) in [5.74, 6) is -0.356. The number of methoxy groups -OCH3 is 1. The van der Waals surface area contributed by atoms with Crippen LogP contribution in [0.4, 0.5) is 0 Å². The molecule has 0 aliphatic carbocycles. The van der Waals surface area contributed by atoms with Gasteiger partial charge < -0.3 is 10.5 Å². The second kappa shape index (κ2) is 5.50. The maximum absolute atomic E-state index is 11.3. The van der Waals surface area contributed by atoms with E-state index in [2.05, 4.69) is 11.0 Å². The molecule has 0 aromatic heterocycles. The fourth-order valence-electron chi connectivity index (χ4n) is 2.42. The normalized spacial score (nSPS) is 20.2. The molecule has 0 radical (unpaired) electrons. The third-order valence-electron chi connectivity index (χ3n) is 3.54. The van der Waals surface area contributed by atoms with Crippen LogP contribution in [0.2, 0.25) is 0 Å². The highest BCUT2D eigenvalue weighted by atomic mass is 16.5. The van der Waals surface area contributed by atoms with Crippen LogP contribution in [-0.4, -0.2) is 37.1 Å². The molecule has 4 nitrogen and oxygen atoms in total. The number of likely N-dealkylation sites (tertiary alicyclic amines) is 1. The Morgan fingerprint density at radius 2 is 2.33 bits per heavy atom. The summed E-state index contributed by atoms with van der Waals surface area (Å²) >= 11 is 0. The molecule has 0 bridgehead atoms. The van der Waals surface area contributed by atoms with Gasteiger partial charge in [-0.1, -0.05) is 12.1 Å². The molecule has 1 aromatic rings. The maximum Gasteiger partial charge on any atom is 0.248 e. The first kappa shape index (κ1) is 13.1. The van der Waals surface area contributed by atoms with Crippen molar-refractivity contribution in [2.45, 2.75) is 26.0 Å². The molecular weight excluding hydrogens is 228 g/mol. The monoisotopic (exact) mass is 248 g/mol. The van der Waals surface area contributed by atoms with E-state index in [9.17, 15) is 4.79 Å². The molecule has 2 rings (SSSR count).